The highest BCUT2D eigenvalue weighted by atomic mass is 14.2. The summed E-state index contributed by atoms with van der Waals surface area (Å²) in [4.78, 5) is 0. The fraction of sp³-hybridized carbons (Fsp3) is 0.933. The lowest BCUT2D eigenvalue weighted by molar-refractivity contribution is 0.302. The summed E-state index contributed by atoms with van der Waals surface area (Å²) >= 11 is 0. The lowest BCUT2D eigenvalue weighted by Gasteiger charge is -2.26. The molecule has 0 aliphatic rings. The van der Waals surface area contributed by atoms with Crippen LogP contribution in [0.25, 0.3) is 0 Å². The molecule has 91 valence electrons. The molecule has 15 heavy (non-hydrogen) atoms. The third kappa shape index (κ3) is 10.3. The van der Waals surface area contributed by atoms with Crippen LogP contribution in [0.15, 0.2) is 0 Å². The van der Waals surface area contributed by atoms with Crippen molar-refractivity contribution in [3.05, 3.63) is 5.92 Å². The largest absolute Gasteiger partial charge is 0.0654 e. The molecule has 0 aliphatic carbocycles. The molecule has 0 atom stereocenters. The average Bonchev–Trinajstić information content (AvgIpc) is 2.08. The smallest absolute Gasteiger partial charge is 0.0298 e. The SMILES string of the molecule is CCCCCCCCC(C)(C)C[C](C)C. The van der Waals surface area contributed by atoms with Crippen LogP contribution >= 0.6 is 0 Å². The molecular formula is C15H31. The summed E-state index contributed by atoms with van der Waals surface area (Å²) in [6.07, 6.45) is 11.2. The molecule has 0 nitrogen and oxygen atoms in total. The van der Waals surface area contributed by atoms with Gasteiger partial charge < -0.3 is 0 Å². The first-order valence-corrected chi connectivity index (χ1v) is 6.77. The van der Waals surface area contributed by atoms with E-state index in [4.69, 9.17) is 0 Å². The van der Waals surface area contributed by atoms with E-state index in [0.29, 0.717) is 5.41 Å². The molecule has 0 bridgehead atoms. The summed E-state index contributed by atoms with van der Waals surface area (Å²) in [6.45, 7) is 11.6. The van der Waals surface area contributed by atoms with Crippen LogP contribution < -0.4 is 0 Å². The maximum absolute atomic E-state index is 2.41. The Morgan fingerprint density at radius 1 is 0.867 bits per heavy atom. The van der Waals surface area contributed by atoms with Gasteiger partial charge in [0.05, 0.1) is 0 Å². The number of rotatable bonds is 9. The van der Waals surface area contributed by atoms with Gasteiger partial charge in [-0.3, -0.25) is 0 Å². The van der Waals surface area contributed by atoms with E-state index in [2.05, 4.69) is 34.6 Å². The molecule has 0 heteroatoms. The first-order chi connectivity index (χ1) is 6.98. The quantitative estimate of drug-likeness (QED) is 0.425. The van der Waals surface area contributed by atoms with Crippen LogP contribution in [0.1, 0.15) is 86.0 Å². The van der Waals surface area contributed by atoms with Crippen LogP contribution in [0.4, 0.5) is 0 Å². The molecule has 0 aromatic carbocycles. The van der Waals surface area contributed by atoms with Crippen LogP contribution in [0, 0.1) is 11.3 Å². The Balaban J connectivity index is 3.40. The van der Waals surface area contributed by atoms with Gasteiger partial charge in [0.2, 0.25) is 0 Å². The predicted octanol–water partition coefficient (Wildman–Crippen LogP) is 5.77. The molecule has 0 unspecified atom stereocenters. The molecule has 0 aromatic heterocycles. The minimum Gasteiger partial charge on any atom is -0.0654 e. The lowest BCUT2D eigenvalue weighted by Crippen LogP contribution is -2.13. The van der Waals surface area contributed by atoms with Crippen molar-refractivity contribution in [1.29, 1.82) is 0 Å². The molecule has 0 rings (SSSR count). The number of unbranched alkanes of at least 4 members (excludes halogenated alkanes) is 5. The van der Waals surface area contributed by atoms with Crippen LogP contribution in [-0.4, -0.2) is 0 Å². The molecule has 0 spiro atoms. The van der Waals surface area contributed by atoms with E-state index in [9.17, 15) is 0 Å². The van der Waals surface area contributed by atoms with E-state index < -0.39 is 0 Å². The number of hydrogen-bond donors (Lipinski definition) is 0. The highest BCUT2D eigenvalue weighted by Crippen LogP contribution is 2.32. The van der Waals surface area contributed by atoms with E-state index >= 15 is 0 Å². The summed E-state index contributed by atoms with van der Waals surface area (Å²) < 4.78 is 0. The molecule has 0 fully saturated rings. The van der Waals surface area contributed by atoms with E-state index in [1.165, 1.54) is 51.4 Å². The Hall–Kier alpha value is 0. The Labute approximate surface area is 97.8 Å². The van der Waals surface area contributed by atoms with Crippen molar-refractivity contribution in [1.82, 2.24) is 0 Å². The van der Waals surface area contributed by atoms with E-state index in [-0.39, 0.29) is 0 Å². The van der Waals surface area contributed by atoms with Crippen LogP contribution in [0.5, 0.6) is 0 Å². The monoisotopic (exact) mass is 211 g/mol. The van der Waals surface area contributed by atoms with Gasteiger partial charge in [-0.1, -0.05) is 73.1 Å². The van der Waals surface area contributed by atoms with Crippen LogP contribution in [-0.2, 0) is 0 Å². The highest BCUT2D eigenvalue weighted by Gasteiger charge is 2.18. The highest BCUT2D eigenvalue weighted by molar-refractivity contribution is 4.85. The van der Waals surface area contributed by atoms with Crippen LogP contribution in [0.3, 0.4) is 0 Å². The summed E-state index contributed by atoms with van der Waals surface area (Å²) in [5.74, 6) is 1.57. The average molecular weight is 211 g/mol. The zero-order chi connectivity index (χ0) is 11.7. The van der Waals surface area contributed by atoms with Gasteiger partial charge >= 0.3 is 0 Å². The van der Waals surface area contributed by atoms with E-state index in [1.54, 1.807) is 5.92 Å². The molecule has 0 aliphatic heterocycles. The van der Waals surface area contributed by atoms with Crippen molar-refractivity contribution < 1.29 is 0 Å². The van der Waals surface area contributed by atoms with Crippen molar-refractivity contribution >= 4 is 0 Å². The van der Waals surface area contributed by atoms with Gasteiger partial charge in [-0.15, -0.1) is 0 Å². The number of hydrogen-bond acceptors (Lipinski definition) is 0. The molecule has 0 aromatic rings. The van der Waals surface area contributed by atoms with Crippen molar-refractivity contribution in [3.63, 3.8) is 0 Å². The molecule has 0 saturated carbocycles. The molecule has 0 saturated heterocycles. The zero-order valence-electron chi connectivity index (χ0n) is 11.7. The minimum absolute atomic E-state index is 0.531. The van der Waals surface area contributed by atoms with E-state index in [0.717, 1.165) is 0 Å². The van der Waals surface area contributed by atoms with Crippen molar-refractivity contribution in [2.24, 2.45) is 5.41 Å². The molecule has 1 radical (unpaired) electrons. The summed E-state index contributed by atoms with van der Waals surface area (Å²) in [5.41, 5.74) is 0.531. The van der Waals surface area contributed by atoms with Crippen molar-refractivity contribution in [2.75, 3.05) is 0 Å². The van der Waals surface area contributed by atoms with Gasteiger partial charge in [-0.25, -0.2) is 0 Å². The standard InChI is InChI=1S/C15H31/c1-6-7-8-9-10-11-12-15(4,5)13-14(2)3/h6-13H2,1-5H3. The third-order valence-corrected chi connectivity index (χ3v) is 3.04. The Morgan fingerprint density at radius 3 is 1.93 bits per heavy atom. The molecule has 0 amide bonds. The molecular weight excluding hydrogens is 180 g/mol. The Kier molecular flexibility index (Phi) is 8.19. The third-order valence-electron chi connectivity index (χ3n) is 3.04. The maximum Gasteiger partial charge on any atom is -0.0298 e. The van der Waals surface area contributed by atoms with Crippen molar-refractivity contribution in [2.45, 2.75) is 86.0 Å². The van der Waals surface area contributed by atoms with Gasteiger partial charge in [-0.2, -0.15) is 0 Å². The fourth-order valence-electron chi connectivity index (χ4n) is 2.43. The van der Waals surface area contributed by atoms with Gasteiger partial charge in [0.25, 0.3) is 0 Å². The van der Waals surface area contributed by atoms with Crippen LogP contribution in [0.2, 0.25) is 0 Å². The topological polar surface area (TPSA) is 0 Å². The second kappa shape index (κ2) is 8.19. The zero-order valence-corrected chi connectivity index (χ0v) is 11.7. The summed E-state index contributed by atoms with van der Waals surface area (Å²) in [5, 5.41) is 0. The van der Waals surface area contributed by atoms with Gasteiger partial charge in [-0.05, 0) is 24.2 Å². The predicted molar refractivity (Wildman–Crippen MR) is 71.0 cm³/mol. The Bertz CT molecular complexity index is 133. The normalized spacial score (nSPS) is 12.4. The van der Waals surface area contributed by atoms with Gasteiger partial charge in [0, 0.05) is 0 Å². The Morgan fingerprint density at radius 2 is 1.40 bits per heavy atom. The summed E-state index contributed by atoms with van der Waals surface area (Å²) in [7, 11) is 0. The molecule has 0 N–H and O–H groups in total. The lowest BCUT2D eigenvalue weighted by atomic mass is 9.79. The fourth-order valence-corrected chi connectivity index (χ4v) is 2.43. The molecule has 0 heterocycles. The minimum atomic E-state index is 0.531. The first kappa shape index (κ1) is 15.0. The summed E-state index contributed by atoms with van der Waals surface area (Å²) in [6, 6.07) is 0. The second-order valence-electron chi connectivity index (χ2n) is 6.07. The van der Waals surface area contributed by atoms with Gasteiger partial charge in [0.15, 0.2) is 0 Å². The van der Waals surface area contributed by atoms with Gasteiger partial charge in [0.1, 0.15) is 0 Å². The second-order valence-corrected chi connectivity index (χ2v) is 6.07. The van der Waals surface area contributed by atoms with Crippen molar-refractivity contribution in [3.8, 4) is 0 Å². The first-order valence-electron chi connectivity index (χ1n) is 6.77. The maximum atomic E-state index is 2.41. The van der Waals surface area contributed by atoms with E-state index in [1.807, 2.05) is 0 Å².